The first-order valence-electron chi connectivity index (χ1n) is 27.0. The van der Waals surface area contributed by atoms with E-state index < -0.39 is 24.2 Å². The number of nitrogens with two attached hydrogens (primary N) is 3. The number of anilines is 4. The summed E-state index contributed by atoms with van der Waals surface area (Å²) in [5.74, 6) is -0.534. The summed E-state index contributed by atoms with van der Waals surface area (Å²) in [5, 5.41) is 52.1. The van der Waals surface area contributed by atoms with E-state index in [-0.39, 0.29) is 57.7 Å². The van der Waals surface area contributed by atoms with Gasteiger partial charge in [-0.3, -0.25) is 19.4 Å². The number of phenols is 1. The van der Waals surface area contributed by atoms with Gasteiger partial charge in [-0.1, -0.05) is 36.8 Å². The number of hydrogen-bond donors (Lipinski definition) is 7. The average molecular weight is 1100 g/mol. The minimum absolute atomic E-state index is 0.0243. The van der Waals surface area contributed by atoms with E-state index in [4.69, 9.17) is 36.6 Å². The van der Waals surface area contributed by atoms with Gasteiger partial charge in [-0.25, -0.2) is 14.2 Å². The average Bonchev–Trinajstić information content (AvgIpc) is 4.13. The van der Waals surface area contributed by atoms with Gasteiger partial charge in [0.2, 0.25) is 29.7 Å². The van der Waals surface area contributed by atoms with E-state index in [0.29, 0.717) is 143 Å². The lowest BCUT2D eigenvalue weighted by atomic mass is 9.90. The molecule has 26 heteroatoms. The van der Waals surface area contributed by atoms with E-state index in [1.807, 2.05) is 34.7 Å². The molecule has 4 aliphatic rings. The first kappa shape index (κ1) is 56.0. The zero-order valence-corrected chi connectivity index (χ0v) is 45.1. The molecule has 26 nitrogen and oxygen atoms in total. The molecule has 6 heterocycles. The molecule has 2 aromatic carbocycles. The largest absolute Gasteiger partial charge is 0.508 e. The number of nitrogens with one attached hydrogen (secondary N) is 1. The molecule has 4 atom stereocenters. The molecule has 1 aliphatic carbocycles. The van der Waals surface area contributed by atoms with E-state index in [9.17, 15) is 34.5 Å². The fraction of sp³-hybridized carbons (Fsp3) is 0.444. The Morgan fingerprint density at radius 3 is 2.11 bits per heavy atom. The van der Waals surface area contributed by atoms with Crippen molar-refractivity contribution in [1.82, 2.24) is 54.7 Å². The number of aromatic hydroxyl groups is 1. The lowest BCUT2D eigenvalue weighted by molar-refractivity contribution is -0.137. The zero-order chi connectivity index (χ0) is 56.6. The second-order valence-corrected chi connectivity index (χ2v) is 20.4. The minimum Gasteiger partial charge on any atom is -0.508 e. The number of nitrogens with zero attached hydrogens (tertiary/aromatic N) is 14. The molecule has 0 radical (unpaired) electrons. The normalized spacial score (nSPS) is 15.5. The highest BCUT2D eigenvalue weighted by Gasteiger charge is 2.35. The molecule has 1 unspecified atom stereocenters. The molecule has 2 fully saturated rings. The number of carbonyl (C=O) groups excluding carboxylic acids is 2. The van der Waals surface area contributed by atoms with Crippen molar-refractivity contribution in [2.75, 3.05) is 80.6 Å². The van der Waals surface area contributed by atoms with Gasteiger partial charge in [-0.05, 0) is 93.5 Å². The van der Waals surface area contributed by atoms with Crippen LogP contribution < -0.4 is 37.7 Å². The Morgan fingerprint density at radius 1 is 0.787 bits per heavy atom. The molecule has 10 N–H and O–H groups in total. The summed E-state index contributed by atoms with van der Waals surface area (Å²) in [6.07, 6.45) is 7.14. The predicted octanol–water partition coefficient (Wildman–Crippen LogP) is 3.16. The number of aliphatic hydroxyl groups excluding tert-OH is 1. The van der Waals surface area contributed by atoms with Gasteiger partial charge >= 0.3 is 5.97 Å². The van der Waals surface area contributed by atoms with Crippen molar-refractivity contribution in [2.45, 2.75) is 83.9 Å². The summed E-state index contributed by atoms with van der Waals surface area (Å²) in [6, 6.07) is 12.4. The molecule has 0 spiro atoms. The van der Waals surface area contributed by atoms with Crippen LogP contribution in [-0.4, -0.2) is 165 Å². The van der Waals surface area contributed by atoms with Crippen LogP contribution in [0, 0.1) is 5.92 Å². The van der Waals surface area contributed by atoms with Crippen LogP contribution in [0.4, 0.5) is 23.5 Å². The monoisotopic (exact) mass is 1100 g/mol. The number of fused-ring (bicyclic) bond motifs is 2. The van der Waals surface area contributed by atoms with Crippen molar-refractivity contribution in [3.05, 3.63) is 94.2 Å². The highest BCUT2D eigenvalue weighted by molar-refractivity contribution is 6.08. The molecule has 3 aliphatic heterocycles. The molecule has 80 heavy (non-hydrogen) atoms. The van der Waals surface area contributed by atoms with Crippen LogP contribution in [0.25, 0.3) is 33.4 Å². The maximum atomic E-state index is 14.4. The van der Waals surface area contributed by atoms with Crippen LogP contribution >= 0.6 is 0 Å². The number of aryl methyl sites for hydroxylation is 1. The highest BCUT2D eigenvalue weighted by Crippen LogP contribution is 2.43. The van der Waals surface area contributed by atoms with E-state index in [1.165, 1.54) is 30.3 Å². The SMILES string of the molecule is CC[C@H](C)[C@@H](C(=O)N1CCN(c2nc(Nc3ccc(-c4c5ccc(=O)cc-5oc5cc(O)ccc45)c(C(=O)O)c3)nc(N3CCN(C(=O)[C@H](CCCCN)n4cc(CC(C)O)nn4)CC3)n2)CC1)n1cc(CCCN=C(N)N)nn1. The number of aliphatic imine (C=N–C) groups is 1. The number of carboxylic acids is 1. The molecule has 0 bridgehead atoms. The molecule has 0 saturated carbocycles. The summed E-state index contributed by atoms with van der Waals surface area (Å²) < 4.78 is 9.27. The van der Waals surface area contributed by atoms with Crippen LogP contribution in [0.3, 0.4) is 0 Å². The Hall–Kier alpha value is -8.78. The Kier molecular flexibility index (Phi) is 17.4. The predicted molar refractivity (Wildman–Crippen MR) is 299 cm³/mol. The minimum atomic E-state index is -1.23. The third-order valence-electron chi connectivity index (χ3n) is 14.6. The summed E-state index contributed by atoms with van der Waals surface area (Å²) in [6.45, 7) is 9.51. The third-order valence-corrected chi connectivity index (χ3v) is 14.6. The number of carbonyl (C=O) groups is 3. The van der Waals surface area contributed by atoms with Crippen molar-refractivity contribution in [2.24, 2.45) is 28.1 Å². The van der Waals surface area contributed by atoms with Crippen LogP contribution in [0.1, 0.15) is 86.7 Å². The van der Waals surface area contributed by atoms with Crippen LogP contribution in [0.2, 0.25) is 0 Å². The van der Waals surface area contributed by atoms with Crippen molar-refractivity contribution in [1.29, 1.82) is 0 Å². The van der Waals surface area contributed by atoms with Gasteiger partial charge in [-0.15, -0.1) is 10.2 Å². The van der Waals surface area contributed by atoms with Gasteiger partial charge in [0, 0.05) is 112 Å². The summed E-state index contributed by atoms with van der Waals surface area (Å²) in [7, 11) is 0. The Balaban J connectivity index is 0.992. The number of aromatic carboxylic acids is 1. The molecule has 2 saturated heterocycles. The molecule has 3 aromatic heterocycles. The summed E-state index contributed by atoms with van der Waals surface area (Å²) in [4.78, 5) is 80.8. The van der Waals surface area contributed by atoms with E-state index in [0.717, 1.165) is 18.5 Å². The molecular formula is C54H68N18O8. The number of benzene rings is 3. The number of guanidine groups is 1. The molecular weight excluding hydrogens is 1030 g/mol. The second kappa shape index (κ2) is 24.9. The van der Waals surface area contributed by atoms with Gasteiger partial charge in [0.15, 0.2) is 11.4 Å². The van der Waals surface area contributed by atoms with Crippen LogP contribution in [0.5, 0.6) is 5.75 Å². The number of hydrogen-bond acceptors (Lipinski definition) is 19. The van der Waals surface area contributed by atoms with Gasteiger partial charge in [0.1, 0.15) is 29.2 Å². The van der Waals surface area contributed by atoms with E-state index in [1.54, 1.807) is 51.6 Å². The fourth-order valence-corrected chi connectivity index (χ4v) is 10.2. The van der Waals surface area contributed by atoms with E-state index in [2.05, 4.69) is 30.9 Å². The highest BCUT2D eigenvalue weighted by atomic mass is 16.4. The van der Waals surface area contributed by atoms with Crippen molar-refractivity contribution < 1.29 is 34.1 Å². The van der Waals surface area contributed by atoms with Gasteiger partial charge in [-0.2, -0.15) is 15.0 Å². The summed E-state index contributed by atoms with van der Waals surface area (Å²) in [5.41, 5.74) is 19.7. The number of carboxylic acid groups (broad SMARTS) is 1. The maximum Gasteiger partial charge on any atom is 0.336 e. The first-order chi connectivity index (χ1) is 38.6. The van der Waals surface area contributed by atoms with Crippen LogP contribution in [-0.2, 0) is 22.4 Å². The Labute approximate surface area is 460 Å². The number of aromatic nitrogens is 9. The van der Waals surface area contributed by atoms with E-state index >= 15 is 0 Å². The fourth-order valence-electron chi connectivity index (χ4n) is 10.2. The molecule has 422 valence electrons. The molecule has 2 amide bonds. The summed E-state index contributed by atoms with van der Waals surface area (Å²) >= 11 is 0. The number of piperazine rings is 2. The lowest BCUT2D eigenvalue weighted by Gasteiger charge is -2.38. The number of phenolic OH excluding ortho intramolecular Hbond substituents is 1. The quantitative estimate of drug-likeness (QED) is 0.0222. The third kappa shape index (κ3) is 12.9. The van der Waals surface area contributed by atoms with Gasteiger partial charge in [0.25, 0.3) is 0 Å². The first-order valence-corrected chi connectivity index (χ1v) is 27.0. The van der Waals surface area contributed by atoms with Crippen molar-refractivity contribution >= 4 is 58.2 Å². The number of aliphatic hydroxyl groups is 1. The number of unbranched alkanes of at least 4 members (excludes halogenated alkanes) is 1. The van der Waals surface area contributed by atoms with Crippen LogP contribution in [0.15, 0.2) is 81.2 Å². The number of rotatable bonds is 22. The van der Waals surface area contributed by atoms with Crippen molar-refractivity contribution in [3.8, 4) is 28.2 Å². The molecule has 5 aromatic rings. The Bertz CT molecular complexity index is 3380. The van der Waals surface area contributed by atoms with Gasteiger partial charge < -0.3 is 61.9 Å². The number of amides is 2. The van der Waals surface area contributed by atoms with Crippen molar-refractivity contribution in [3.63, 3.8) is 0 Å². The smallest absolute Gasteiger partial charge is 0.336 e. The standard InChI is InChI=1S/C54H68N18O8/c1-4-32(2)47(72-30-35(63-66-72)8-7-17-58-51(56)57)49(77)68-20-24-70(25-21-68)54-61-52(60-53(62-54)69-22-18-67(19-23-69)48(76)43(9-5-6-16-55)71-31-36(64-65-71)26-33(3)73)59-34-10-13-39(42(27-34)50(78)79)46-40-14-11-37(74)28-44(40)80-45-29-38(75)12-15-41(45)46/h10-15,27-33,43,47,73-74H,4-9,16-26,55H2,1-3H3,(H,78,79)(H4,56,57,58)(H,59,60,61,62)/t32-,33?,43-,47-/m0/s1. The lowest BCUT2D eigenvalue weighted by Crippen LogP contribution is -2.52. The molecule has 9 rings (SSSR count). The second-order valence-electron chi connectivity index (χ2n) is 20.4. The zero-order valence-electron chi connectivity index (χ0n) is 45.1. The van der Waals surface area contributed by atoms with Gasteiger partial charge in [0.05, 0.1) is 23.1 Å². The maximum absolute atomic E-state index is 14.4. The topological polar surface area (TPSA) is 358 Å². The Morgan fingerprint density at radius 2 is 1.45 bits per heavy atom.